The second kappa shape index (κ2) is 5.66. The van der Waals surface area contributed by atoms with Crippen molar-refractivity contribution in [2.45, 2.75) is 31.2 Å². The van der Waals surface area contributed by atoms with Crippen molar-refractivity contribution >= 4 is 17.5 Å². The van der Waals surface area contributed by atoms with E-state index in [0.29, 0.717) is 25.9 Å². The largest absolute Gasteiger partial charge is 0.393 e. The molecular weight excluding hydrogens is 221 g/mol. The van der Waals surface area contributed by atoms with E-state index in [-0.39, 0.29) is 11.8 Å². The number of rotatable bonds is 3. The fourth-order valence-corrected chi connectivity index (χ4v) is 2.03. The lowest BCUT2D eigenvalue weighted by molar-refractivity contribution is -0.134. The van der Waals surface area contributed by atoms with Crippen LogP contribution in [-0.4, -0.2) is 47.2 Å². The van der Waals surface area contributed by atoms with Gasteiger partial charge < -0.3 is 10.0 Å². The summed E-state index contributed by atoms with van der Waals surface area (Å²) in [6, 6.07) is 0. The summed E-state index contributed by atoms with van der Waals surface area (Å²) in [6.45, 7) is 2.10. The number of amides is 1. The zero-order valence-corrected chi connectivity index (χ0v) is 9.58. The molecule has 0 aromatic carbocycles. The van der Waals surface area contributed by atoms with Crippen LogP contribution in [0.25, 0.3) is 0 Å². The van der Waals surface area contributed by atoms with Crippen molar-refractivity contribution < 1.29 is 14.3 Å². The van der Waals surface area contributed by atoms with Gasteiger partial charge in [0, 0.05) is 19.0 Å². The molecule has 0 radical (unpaired) electrons. The first kappa shape index (κ1) is 12.7. The Kier molecular flexibility index (Phi) is 4.80. The van der Waals surface area contributed by atoms with Crippen LogP contribution in [-0.2, 0) is 4.79 Å². The van der Waals surface area contributed by atoms with Gasteiger partial charge in [-0.3, -0.25) is 9.18 Å². The Morgan fingerprint density at radius 1 is 1.73 bits per heavy atom. The standard InChI is InChI=1S/C10H17ClFNO2/c1-7(11)10(15)13-5-3-9(14)8(6-13)2-4-12/h7-9,14H,2-6H2,1H3/t7-,8+,9+/m0/s1. The molecule has 1 fully saturated rings. The first-order chi connectivity index (χ1) is 7.06. The highest BCUT2D eigenvalue weighted by molar-refractivity contribution is 6.30. The predicted molar refractivity (Wildman–Crippen MR) is 56.6 cm³/mol. The Bertz CT molecular complexity index is 225. The summed E-state index contributed by atoms with van der Waals surface area (Å²) in [5.74, 6) is -0.282. The van der Waals surface area contributed by atoms with E-state index in [0.717, 1.165) is 0 Å². The third kappa shape index (κ3) is 3.31. The molecule has 88 valence electrons. The number of halogens is 2. The second-order valence-electron chi connectivity index (χ2n) is 3.99. The highest BCUT2D eigenvalue weighted by Gasteiger charge is 2.31. The molecule has 1 aliphatic heterocycles. The molecule has 3 nitrogen and oxygen atoms in total. The number of alkyl halides is 2. The average Bonchev–Trinajstić information content (AvgIpc) is 2.20. The summed E-state index contributed by atoms with van der Waals surface area (Å²) in [5.41, 5.74) is 0. The maximum Gasteiger partial charge on any atom is 0.240 e. The van der Waals surface area contributed by atoms with Crippen molar-refractivity contribution in [3.05, 3.63) is 0 Å². The first-order valence-corrected chi connectivity index (χ1v) is 5.66. The van der Waals surface area contributed by atoms with E-state index in [2.05, 4.69) is 0 Å². The summed E-state index contributed by atoms with van der Waals surface area (Å²) >= 11 is 5.69. The average molecular weight is 238 g/mol. The van der Waals surface area contributed by atoms with Gasteiger partial charge in [-0.1, -0.05) is 0 Å². The number of nitrogens with zero attached hydrogens (tertiary/aromatic N) is 1. The summed E-state index contributed by atoms with van der Waals surface area (Å²) in [4.78, 5) is 13.2. The number of aliphatic hydroxyl groups is 1. The molecule has 5 heteroatoms. The van der Waals surface area contributed by atoms with Crippen LogP contribution in [0.15, 0.2) is 0 Å². The lowest BCUT2D eigenvalue weighted by Crippen LogP contribution is -2.48. The van der Waals surface area contributed by atoms with E-state index >= 15 is 0 Å². The lowest BCUT2D eigenvalue weighted by atomic mass is 9.92. The van der Waals surface area contributed by atoms with E-state index in [9.17, 15) is 14.3 Å². The van der Waals surface area contributed by atoms with Gasteiger partial charge in [-0.15, -0.1) is 11.6 Å². The van der Waals surface area contributed by atoms with Gasteiger partial charge in [0.25, 0.3) is 0 Å². The molecule has 1 amide bonds. The second-order valence-corrected chi connectivity index (χ2v) is 4.65. The third-order valence-electron chi connectivity index (χ3n) is 2.83. The molecule has 1 heterocycles. The van der Waals surface area contributed by atoms with Gasteiger partial charge >= 0.3 is 0 Å². The molecule has 3 atom stereocenters. The summed E-state index contributed by atoms with van der Waals surface area (Å²) in [6.07, 6.45) is 0.331. The number of likely N-dealkylation sites (tertiary alicyclic amines) is 1. The first-order valence-electron chi connectivity index (χ1n) is 5.23. The molecule has 15 heavy (non-hydrogen) atoms. The molecule has 1 rings (SSSR count). The molecule has 0 unspecified atom stereocenters. The smallest absolute Gasteiger partial charge is 0.240 e. The van der Waals surface area contributed by atoms with E-state index < -0.39 is 18.2 Å². The van der Waals surface area contributed by atoms with Crippen molar-refractivity contribution in [3.8, 4) is 0 Å². The quantitative estimate of drug-likeness (QED) is 0.749. The summed E-state index contributed by atoms with van der Waals surface area (Å²) in [5, 5.41) is 9.05. The van der Waals surface area contributed by atoms with Crippen LogP contribution in [0.1, 0.15) is 19.8 Å². The molecule has 0 aliphatic carbocycles. The minimum absolute atomic E-state index is 0.132. The Hall–Kier alpha value is -0.350. The molecular formula is C10H17ClFNO2. The van der Waals surface area contributed by atoms with Gasteiger partial charge in [-0.25, -0.2) is 0 Å². The normalized spacial score (nSPS) is 28.9. The van der Waals surface area contributed by atoms with Crippen molar-refractivity contribution in [2.24, 2.45) is 5.92 Å². The van der Waals surface area contributed by atoms with E-state index in [1.807, 2.05) is 0 Å². The van der Waals surface area contributed by atoms with E-state index in [1.54, 1.807) is 11.8 Å². The number of aliphatic hydroxyl groups excluding tert-OH is 1. The number of piperidine rings is 1. The zero-order chi connectivity index (χ0) is 11.4. The van der Waals surface area contributed by atoms with E-state index in [1.165, 1.54) is 0 Å². The van der Waals surface area contributed by atoms with Gasteiger partial charge in [-0.05, 0) is 19.8 Å². The lowest BCUT2D eigenvalue weighted by Gasteiger charge is -2.36. The Labute approximate surface area is 94.2 Å². The minimum Gasteiger partial charge on any atom is -0.393 e. The maximum atomic E-state index is 12.2. The van der Waals surface area contributed by atoms with Gasteiger partial charge in [0.1, 0.15) is 5.38 Å². The Balaban J connectivity index is 2.53. The molecule has 0 aromatic rings. The van der Waals surface area contributed by atoms with Crippen LogP contribution >= 0.6 is 11.6 Å². The predicted octanol–water partition coefficient (Wildman–Crippen LogP) is 1.18. The maximum absolute atomic E-state index is 12.2. The monoisotopic (exact) mass is 237 g/mol. The van der Waals surface area contributed by atoms with Gasteiger partial charge in [0.15, 0.2) is 0 Å². The topological polar surface area (TPSA) is 40.5 Å². The van der Waals surface area contributed by atoms with Crippen molar-refractivity contribution in [1.29, 1.82) is 0 Å². The van der Waals surface area contributed by atoms with Crippen LogP contribution in [0.5, 0.6) is 0 Å². The number of carbonyl (C=O) groups excluding carboxylic acids is 1. The zero-order valence-electron chi connectivity index (χ0n) is 8.83. The fourth-order valence-electron chi connectivity index (χ4n) is 1.90. The summed E-state index contributed by atoms with van der Waals surface area (Å²) < 4.78 is 12.2. The van der Waals surface area contributed by atoms with Crippen molar-refractivity contribution in [2.75, 3.05) is 19.8 Å². The molecule has 0 saturated carbocycles. The van der Waals surface area contributed by atoms with Gasteiger partial charge in [-0.2, -0.15) is 0 Å². The van der Waals surface area contributed by atoms with Crippen LogP contribution in [0.2, 0.25) is 0 Å². The van der Waals surface area contributed by atoms with Gasteiger partial charge in [0.05, 0.1) is 12.8 Å². The van der Waals surface area contributed by atoms with Crippen LogP contribution in [0.3, 0.4) is 0 Å². The Morgan fingerprint density at radius 3 is 2.93 bits per heavy atom. The fraction of sp³-hybridized carbons (Fsp3) is 0.900. The summed E-state index contributed by atoms with van der Waals surface area (Å²) in [7, 11) is 0. The van der Waals surface area contributed by atoms with Crippen molar-refractivity contribution in [1.82, 2.24) is 4.90 Å². The third-order valence-corrected chi connectivity index (χ3v) is 3.01. The van der Waals surface area contributed by atoms with Crippen LogP contribution in [0.4, 0.5) is 4.39 Å². The minimum atomic E-state index is -0.550. The Morgan fingerprint density at radius 2 is 2.40 bits per heavy atom. The molecule has 1 aliphatic rings. The SMILES string of the molecule is C[C@H](Cl)C(=O)N1CC[C@@H](O)[C@H](CCF)C1. The highest BCUT2D eigenvalue weighted by Crippen LogP contribution is 2.21. The number of hydrogen-bond acceptors (Lipinski definition) is 2. The van der Waals surface area contributed by atoms with Crippen LogP contribution < -0.4 is 0 Å². The number of hydrogen-bond donors (Lipinski definition) is 1. The number of carbonyl (C=O) groups is 1. The molecule has 0 spiro atoms. The van der Waals surface area contributed by atoms with Crippen LogP contribution in [0, 0.1) is 5.92 Å². The molecule has 1 N–H and O–H groups in total. The molecule has 0 aromatic heterocycles. The van der Waals surface area contributed by atoms with Gasteiger partial charge in [0.2, 0.25) is 5.91 Å². The molecule has 0 bridgehead atoms. The van der Waals surface area contributed by atoms with E-state index in [4.69, 9.17) is 11.6 Å². The van der Waals surface area contributed by atoms with Crippen molar-refractivity contribution in [3.63, 3.8) is 0 Å². The highest BCUT2D eigenvalue weighted by atomic mass is 35.5. The molecule has 1 saturated heterocycles.